The van der Waals surface area contributed by atoms with E-state index in [2.05, 4.69) is 53.5 Å². The fourth-order valence-electron chi connectivity index (χ4n) is 2.26. The summed E-state index contributed by atoms with van der Waals surface area (Å²) in [5, 5.41) is 11.8. The summed E-state index contributed by atoms with van der Waals surface area (Å²) >= 11 is 1.69. The van der Waals surface area contributed by atoms with Crippen LogP contribution in [0.25, 0.3) is 0 Å². The highest BCUT2D eigenvalue weighted by Gasteiger charge is 2.13. The molecule has 0 radical (unpaired) electrons. The highest BCUT2D eigenvalue weighted by molar-refractivity contribution is 7.11. The topological polar surface area (TPSA) is 75.3 Å². The van der Waals surface area contributed by atoms with E-state index in [1.54, 1.807) is 11.3 Å². The number of thiazole rings is 1. The minimum Gasteiger partial charge on any atom is -0.361 e. The minimum atomic E-state index is 0.572. The summed E-state index contributed by atoms with van der Waals surface area (Å²) in [4.78, 5) is 10.2. The number of aliphatic imine (C=N–C) groups is 1. The van der Waals surface area contributed by atoms with E-state index in [1.807, 2.05) is 6.20 Å². The SMILES string of the molecule is CCNC(=NCc1c(CC)noc1CC)NCc1ncc(C)s1. The maximum Gasteiger partial charge on any atom is 0.191 e. The second-order valence-corrected chi connectivity index (χ2v) is 6.47. The van der Waals surface area contributed by atoms with E-state index >= 15 is 0 Å². The molecule has 2 heterocycles. The van der Waals surface area contributed by atoms with Crippen molar-refractivity contribution in [1.29, 1.82) is 0 Å². The number of nitrogens with zero attached hydrogens (tertiary/aromatic N) is 3. The summed E-state index contributed by atoms with van der Waals surface area (Å²) in [6.45, 7) is 10.3. The monoisotopic (exact) mass is 335 g/mol. The van der Waals surface area contributed by atoms with Crippen molar-refractivity contribution in [1.82, 2.24) is 20.8 Å². The van der Waals surface area contributed by atoms with Crippen LogP contribution in [-0.4, -0.2) is 22.6 Å². The molecule has 0 atom stereocenters. The molecule has 0 aliphatic heterocycles. The lowest BCUT2D eigenvalue weighted by Gasteiger charge is -2.10. The molecule has 0 aliphatic carbocycles. The minimum absolute atomic E-state index is 0.572. The van der Waals surface area contributed by atoms with Gasteiger partial charge in [-0.3, -0.25) is 0 Å². The second-order valence-electron chi connectivity index (χ2n) is 5.15. The molecule has 0 aliphatic rings. The molecule has 0 saturated carbocycles. The summed E-state index contributed by atoms with van der Waals surface area (Å²) in [7, 11) is 0. The highest BCUT2D eigenvalue weighted by Crippen LogP contribution is 2.17. The molecule has 0 fully saturated rings. The lowest BCUT2D eigenvalue weighted by atomic mass is 10.1. The Morgan fingerprint density at radius 1 is 1.26 bits per heavy atom. The Kier molecular flexibility index (Phi) is 6.58. The van der Waals surface area contributed by atoms with E-state index in [9.17, 15) is 0 Å². The molecule has 7 heteroatoms. The van der Waals surface area contributed by atoms with Crippen LogP contribution in [0.15, 0.2) is 15.7 Å². The van der Waals surface area contributed by atoms with Gasteiger partial charge in [-0.25, -0.2) is 9.98 Å². The second kappa shape index (κ2) is 8.67. The first-order chi connectivity index (χ1) is 11.2. The Balaban J connectivity index is 2.04. The Bertz CT molecular complexity index is 625. The smallest absolute Gasteiger partial charge is 0.191 e. The Labute approximate surface area is 141 Å². The summed E-state index contributed by atoms with van der Waals surface area (Å²) < 4.78 is 5.39. The van der Waals surface area contributed by atoms with E-state index in [0.29, 0.717) is 13.1 Å². The molecular formula is C16H25N5OS. The zero-order valence-electron chi connectivity index (χ0n) is 14.3. The van der Waals surface area contributed by atoms with Crippen LogP contribution in [0, 0.1) is 6.92 Å². The number of aryl methyl sites for hydroxylation is 3. The summed E-state index contributed by atoms with van der Waals surface area (Å²) in [6, 6.07) is 0. The summed E-state index contributed by atoms with van der Waals surface area (Å²) in [5.41, 5.74) is 2.11. The zero-order valence-corrected chi connectivity index (χ0v) is 15.1. The fourth-order valence-corrected chi connectivity index (χ4v) is 2.99. The van der Waals surface area contributed by atoms with Crippen molar-refractivity contribution >= 4 is 17.3 Å². The van der Waals surface area contributed by atoms with Gasteiger partial charge in [-0.1, -0.05) is 19.0 Å². The molecule has 6 nitrogen and oxygen atoms in total. The largest absolute Gasteiger partial charge is 0.361 e. The normalized spacial score (nSPS) is 11.7. The molecule has 2 N–H and O–H groups in total. The first-order valence-corrected chi connectivity index (χ1v) is 8.89. The third-order valence-electron chi connectivity index (χ3n) is 3.42. The predicted molar refractivity (Wildman–Crippen MR) is 93.8 cm³/mol. The van der Waals surface area contributed by atoms with Gasteiger partial charge in [0.25, 0.3) is 0 Å². The van der Waals surface area contributed by atoms with Crippen molar-refractivity contribution in [3.8, 4) is 0 Å². The number of hydrogen-bond acceptors (Lipinski definition) is 5. The van der Waals surface area contributed by atoms with Crippen LogP contribution in [0.5, 0.6) is 0 Å². The van der Waals surface area contributed by atoms with Gasteiger partial charge >= 0.3 is 0 Å². The van der Waals surface area contributed by atoms with Crippen molar-refractivity contribution in [2.75, 3.05) is 6.54 Å². The molecule has 126 valence electrons. The van der Waals surface area contributed by atoms with E-state index in [-0.39, 0.29) is 0 Å². The standard InChI is InChI=1S/C16H25N5OS/c1-5-13-12(14(6-2)22-21-13)9-19-16(17-7-3)20-10-15-18-8-11(4)23-15/h8H,5-7,9-10H2,1-4H3,(H2,17,19,20). The van der Waals surface area contributed by atoms with Crippen molar-refractivity contribution in [3.05, 3.63) is 33.1 Å². The number of guanidine groups is 1. The van der Waals surface area contributed by atoms with Crippen LogP contribution in [0.1, 0.15) is 47.7 Å². The van der Waals surface area contributed by atoms with Gasteiger partial charge in [0.15, 0.2) is 5.96 Å². The third kappa shape index (κ3) is 4.79. The maximum atomic E-state index is 5.39. The molecule has 0 saturated heterocycles. The molecule has 0 spiro atoms. The van der Waals surface area contributed by atoms with Gasteiger partial charge in [-0.15, -0.1) is 11.3 Å². The van der Waals surface area contributed by atoms with Gasteiger partial charge in [0, 0.05) is 29.6 Å². The highest BCUT2D eigenvalue weighted by atomic mass is 32.1. The number of rotatable bonds is 7. The van der Waals surface area contributed by atoms with Crippen molar-refractivity contribution in [3.63, 3.8) is 0 Å². The van der Waals surface area contributed by atoms with E-state index in [0.717, 1.165) is 47.4 Å². The van der Waals surface area contributed by atoms with Gasteiger partial charge in [-0.05, 0) is 20.3 Å². The molecule has 2 aromatic heterocycles. The number of hydrogen-bond donors (Lipinski definition) is 2. The van der Waals surface area contributed by atoms with Crippen LogP contribution in [0.2, 0.25) is 0 Å². The quantitative estimate of drug-likeness (QED) is 0.601. The van der Waals surface area contributed by atoms with Crippen molar-refractivity contribution in [2.24, 2.45) is 4.99 Å². The van der Waals surface area contributed by atoms with E-state index in [1.165, 1.54) is 4.88 Å². The van der Waals surface area contributed by atoms with Crippen molar-refractivity contribution in [2.45, 2.75) is 53.6 Å². The lowest BCUT2D eigenvalue weighted by Crippen LogP contribution is -2.36. The van der Waals surface area contributed by atoms with Gasteiger partial charge in [-0.2, -0.15) is 0 Å². The van der Waals surface area contributed by atoms with Crippen LogP contribution >= 0.6 is 11.3 Å². The first-order valence-electron chi connectivity index (χ1n) is 8.07. The van der Waals surface area contributed by atoms with Gasteiger partial charge in [0.1, 0.15) is 10.8 Å². The van der Waals surface area contributed by atoms with Gasteiger partial charge in [0.2, 0.25) is 0 Å². The fraction of sp³-hybridized carbons (Fsp3) is 0.562. The zero-order chi connectivity index (χ0) is 16.7. The van der Waals surface area contributed by atoms with Crippen LogP contribution in [-0.2, 0) is 25.9 Å². The third-order valence-corrected chi connectivity index (χ3v) is 4.34. The van der Waals surface area contributed by atoms with E-state index < -0.39 is 0 Å². The molecule has 2 rings (SSSR count). The summed E-state index contributed by atoms with van der Waals surface area (Å²) in [6.07, 6.45) is 3.58. The van der Waals surface area contributed by atoms with E-state index in [4.69, 9.17) is 4.52 Å². The molecule has 0 amide bonds. The van der Waals surface area contributed by atoms with Gasteiger partial charge < -0.3 is 15.2 Å². The molecule has 0 bridgehead atoms. The lowest BCUT2D eigenvalue weighted by molar-refractivity contribution is 0.380. The molecular weight excluding hydrogens is 310 g/mol. The Hall–Kier alpha value is -1.89. The number of nitrogens with one attached hydrogen (secondary N) is 2. The Morgan fingerprint density at radius 2 is 2.09 bits per heavy atom. The average Bonchev–Trinajstić information content (AvgIpc) is 3.15. The molecule has 23 heavy (non-hydrogen) atoms. The molecule has 2 aromatic rings. The summed E-state index contributed by atoms with van der Waals surface area (Å²) in [5.74, 6) is 1.71. The molecule has 0 unspecified atom stereocenters. The van der Waals surface area contributed by atoms with Crippen LogP contribution < -0.4 is 10.6 Å². The maximum absolute atomic E-state index is 5.39. The van der Waals surface area contributed by atoms with Gasteiger partial charge in [0.05, 0.1) is 18.8 Å². The Morgan fingerprint density at radius 3 is 2.70 bits per heavy atom. The molecule has 0 aromatic carbocycles. The van der Waals surface area contributed by atoms with Crippen molar-refractivity contribution < 1.29 is 4.52 Å². The van der Waals surface area contributed by atoms with Crippen LogP contribution in [0.3, 0.4) is 0 Å². The van der Waals surface area contributed by atoms with Crippen LogP contribution in [0.4, 0.5) is 0 Å². The first kappa shape index (κ1) is 17.5. The average molecular weight is 335 g/mol. The number of aromatic nitrogens is 2. The predicted octanol–water partition coefficient (Wildman–Crippen LogP) is 2.82.